The predicted octanol–water partition coefficient (Wildman–Crippen LogP) is 2.63. The molecule has 64 valence electrons. The standard InChI is InChI=1S/C11H14O/c1-9-5-2-3-7-11(9)8-4-6-10(11)12/h4-6H,2-3,7-8H2,1H3. The third-order valence-corrected chi connectivity index (χ3v) is 3.22. The quantitative estimate of drug-likeness (QED) is 0.500. The Morgan fingerprint density at radius 3 is 2.92 bits per heavy atom. The van der Waals surface area contributed by atoms with Gasteiger partial charge < -0.3 is 0 Å². The SMILES string of the molecule is CC1=CCCCC12CC=CC2=O. The molecule has 0 radical (unpaired) electrons. The van der Waals surface area contributed by atoms with E-state index in [-0.39, 0.29) is 5.41 Å². The van der Waals surface area contributed by atoms with Crippen LogP contribution in [0, 0.1) is 5.41 Å². The molecule has 0 amide bonds. The van der Waals surface area contributed by atoms with Gasteiger partial charge >= 0.3 is 0 Å². The minimum absolute atomic E-state index is 0.0990. The van der Waals surface area contributed by atoms with Crippen LogP contribution in [0.4, 0.5) is 0 Å². The molecule has 1 atom stereocenters. The van der Waals surface area contributed by atoms with E-state index in [0.29, 0.717) is 5.78 Å². The zero-order chi connectivity index (χ0) is 8.60. The van der Waals surface area contributed by atoms with Gasteiger partial charge in [-0.3, -0.25) is 4.79 Å². The van der Waals surface area contributed by atoms with Gasteiger partial charge in [-0.2, -0.15) is 0 Å². The Labute approximate surface area is 73.2 Å². The molecule has 0 aromatic heterocycles. The Balaban J connectivity index is 2.37. The third kappa shape index (κ3) is 0.889. The molecule has 0 aliphatic heterocycles. The van der Waals surface area contributed by atoms with Crippen LogP contribution in [0.15, 0.2) is 23.8 Å². The second kappa shape index (κ2) is 2.58. The number of carbonyl (C=O) groups is 1. The molecule has 2 rings (SSSR count). The minimum atomic E-state index is -0.0990. The van der Waals surface area contributed by atoms with Gasteiger partial charge in [-0.25, -0.2) is 0 Å². The lowest BCUT2D eigenvalue weighted by Crippen LogP contribution is -2.29. The highest BCUT2D eigenvalue weighted by atomic mass is 16.1. The van der Waals surface area contributed by atoms with Crippen LogP contribution in [-0.4, -0.2) is 5.78 Å². The molecule has 2 aliphatic rings. The number of carbonyl (C=O) groups excluding carboxylic acids is 1. The highest BCUT2D eigenvalue weighted by Crippen LogP contribution is 2.44. The molecule has 0 saturated carbocycles. The van der Waals surface area contributed by atoms with E-state index in [9.17, 15) is 4.79 Å². The molecule has 1 heteroatoms. The summed E-state index contributed by atoms with van der Waals surface area (Å²) < 4.78 is 0. The molecular formula is C11H14O. The maximum atomic E-state index is 11.6. The van der Waals surface area contributed by atoms with Crippen LogP contribution >= 0.6 is 0 Å². The molecule has 1 nitrogen and oxygen atoms in total. The Morgan fingerprint density at radius 1 is 1.50 bits per heavy atom. The Morgan fingerprint density at radius 2 is 2.33 bits per heavy atom. The van der Waals surface area contributed by atoms with Crippen LogP contribution in [0.3, 0.4) is 0 Å². The van der Waals surface area contributed by atoms with Crippen LogP contribution in [-0.2, 0) is 4.79 Å². The van der Waals surface area contributed by atoms with Gasteiger partial charge in [0.1, 0.15) is 0 Å². The number of ketones is 1. The summed E-state index contributed by atoms with van der Waals surface area (Å²) in [5.74, 6) is 0.330. The van der Waals surface area contributed by atoms with Crippen LogP contribution in [0.1, 0.15) is 32.6 Å². The van der Waals surface area contributed by atoms with Crippen molar-refractivity contribution in [1.29, 1.82) is 0 Å². The second-order valence-corrected chi connectivity index (χ2v) is 3.83. The zero-order valence-electron chi connectivity index (χ0n) is 7.47. The fraction of sp³-hybridized carbons (Fsp3) is 0.545. The number of hydrogen-bond acceptors (Lipinski definition) is 1. The molecule has 2 aliphatic carbocycles. The highest BCUT2D eigenvalue weighted by molar-refractivity contribution is 5.99. The molecule has 0 aromatic rings. The monoisotopic (exact) mass is 162 g/mol. The second-order valence-electron chi connectivity index (χ2n) is 3.83. The van der Waals surface area contributed by atoms with Gasteiger partial charge in [-0.15, -0.1) is 0 Å². The normalized spacial score (nSPS) is 34.4. The zero-order valence-corrected chi connectivity index (χ0v) is 7.47. The first-order valence-electron chi connectivity index (χ1n) is 4.64. The summed E-state index contributed by atoms with van der Waals surface area (Å²) in [5, 5.41) is 0. The summed E-state index contributed by atoms with van der Waals surface area (Å²) in [6.07, 6.45) is 10.3. The van der Waals surface area contributed by atoms with Crippen LogP contribution in [0.25, 0.3) is 0 Å². The fourth-order valence-electron chi connectivity index (χ4n) is 2.32. The number of allylic oxidation sites excluding steroid dienone is 4. The maximum absolute atomic E-state index is 11.6. The van der Waals surface area contributed by atoms with Crippen molar-refractivity contribution in [2.24, 2.45) is 5.41 Å². The van der Waals surface area contributed by atoms with Gasteiger partial charge in [0.2, 0.25) is 0 Å². The van der Waals surface area contributed by atoms with E-state index < -0.39 is 0 Å². The number of rotatable bonds is 0. The Bertz CT molecular complexity index is 273. The van der Waals surface area contributed by atoms with E-state index in [4.69, 9.17) is 0 Å². The average molecular weight is 162 g/mol. The van der Waals surface area contributed by atoms with Crippen molar-refractivity contribution in [3.05, 3.63) is 23.8 Å². The van der Waals surface area contributed by atoms with Gasteiger partial charge in [0.25, 0.3) is 0 Å². The first-order valence-corrected chi connectivity index (χ1v) is 4.64. The van der Waals surface area contributed by atoms with Gasteiger partial charge in [0, 0.05) is 0 Å². The van der Waals surface area contributed by atoms with Gasteiger partial charge in [0.05, 0.1) is 5.41 Å². The smallest absolute Gasteiger partial charge is 0.165 e. The Kier molecular flexibility index (Phi) is 1.67. The van der Waals surface area contributed by atoms with Crippen molar-refractivity contribution in [3.63, 3.8) is 0 Å². The summed E-state index contributed by atoms with van der Waals surface area (Å²) in [4.78, 5) is 11.6. The molecule has 0 aromatic carbocycles. The van der Waals surface area contributed by atoms with E-state index in [1.165, 1.54) is 12.0 Å². The van der Waals surface area contributed by atoms with E-state index in [1.807, 2.05) is 6.08 Å². The topological polar surface area (TPSA) is 17.1 Å². The first-order chi connectivity index (χ1) is 5.76. The summed E-state index contributed by atoms with van der Waals surface area (Å²) in [6.45, 7) is 2.10. The lowest BCUT2D eigenvalue weighted by molar-refractivity contribution is -0.121. The first kappa shape index (κ1) is 7.78. The largest absolute Gasteiger partial charge is 0.294 e. The van der Waals surface area contributed by atoms with Crippen molar-refractivity contribution >= 4 is 5.78 Å². The predicted molar refractivity (Wildman–Crippen MR) is 48.8 cm³/mol. The summed E-state index contributed by atoms with van der Waals surface area (Å²) in [6, 6.07) is 0. The molecule has 1 unspecified atom stereocenters. The van der Waals surface area contributed by atoms with Crippen LogP contribution in [0.5, 0.6) is 0 Å². The summed E-state index contributed by atoms with van der Waals surface area (Å²) >= 11 is 0. The van der Waals surface area contributed by atoms with Crippen molar-refractivity contribution in [2.75, 3.05) is 0 Å². The fourth-order valence-corrected chi connectivity index (χ4v) is 2.32. The average Bonchev–Trinajstić information content (AvgIpc) is 2.41. The van der Waals surface area contributed by atoms with Crippen molar-refractivity contribution in [2.45, 2.75) is 32.6 Å². The van der Waals surface area contributed by atoms with E-state index >= 15 is 0 Å². The van der Waals surface area contributed by atoms with Crippen LogP contribution < -0.4 is 0 Å². The van der Waals surface area contributed by atoms with Crippen LogP contribution in [0.2, 0.25) is 0 Å². The lowest BCUT2D eigenvalue weighted by Gasteiger charge is -2.31. The lowest BCUT2D eigenvalue weighted by atomic mass is 9.71. The molecule has 1 spiro atoms. The molecule has 12 heavy (non-hydrogen) atoms. The molecule has 0 N–H and O–H groups in total. The third-order valence-electron chi connectivity index (χ3n) is 3.22. The minimum Gasteiger partial charge on any atom is -0.294 e. The van der Waals surface area contributed by atoms with Crippen molar-refractivity contribution in [3.8, 4) is 0 Å². The van der Waals surface area contributed by atoms with E-state index in [0.717, 1.165) is 19.3 Å². The molecule has 0 heterocycles. The highest BCUT2D eigenvalue weighted by Gasteiger charge is 2.40. The van der Waals surface area contributed by atoms with Gasteiger partial charge in [0.15, 0.2) is 5.78 Å². The summed E-state index contributed by atoms with van der Waals surface area (Å²) in [5.41, 5.74) is 1.20. The van der Waals surface area contributed by atoms with Gasteiger partial charge in [-0.1, -0.05) is 17.7 Å². The van der Waals surface area contributed by atoms with Crippen molar-refractivity contribution < 1.29 is 4.79 Å². The molecule has 0 saturated heterocycles. The molecule has 0 bridgehead atoms. The van der Waals surface area contributed by atoms with Crippen molar-refractivity contribution in [1.82, 2.24) is 0 Å². The van der Waals surface area contributed by atoms with Gasteiger partial charge in [-0.05, 0) is 38.7 Å². The summed E-state index contributed by atoms with van der Waals surface area (Å²) in [7, 11) is 0. The molecule has 0 fully saturated rings. The number of hydrogen-bond donors (Lipinski definition) is 0. The van der Waals surface area contributed by atoms with E-state index in [2.05, 4.69) is 13.0 Å². The maximum Gasteiger partial charge on any atom is 0.165 e. The van der Waals surface area contributed by atoms with E-state index in [1.54, 1.807) is 6.08 Å². The molecular weight excluding hydrogens is 148 g/mol. The Hall–Kier alpha value is -0.850.